The first-order valence-corrected chi connectivity index (χ1v) is 9.33. The van der Waals surface area contributed by atoms with Crippen LogP contribution < -0.4 is 5.56 Å². The molecule has 0 aliphatic heterocycles. The predicted molar refractivity (Wildman–Crippen MR) is 100 cm³/mol. The largest absolute Gasteiger partial charge is 0.376 e. The van der Waals surface area contributed by atoms with Crippen LogP contribution in [0, 0.1) is 5.92 Å². The molecule has 0 amide bonds. The fraction of sp³-hybridized carbons (Fsp3) is 0.524. The second-order valence-electron chi connectivity index (χ2n) is 7.30. The van der Waals surface area contributed by atoms with E-state index in [0.717, 1.165) is 47.7 Å². The molecule has 4 heteroatoms. The number of rotatable bonds is 5. The number of carbonyl (C=O) groups is 1. The molecule has 0 radical (unpaired) electrons. The van der Waals surface area contributed by atoms with Crippen molar-refractivity contribution in [2.45, 2.75) is 65.1 Å². The number of pyridine rings is 1. The van der Waals surface area contributed by atoms with Crippen LogP contribution in [-0.2, 0) is 11.2 Å². The number of hydrogen-bond donors (Lipinski definition) is 1. The molecule has 0 atom stereocenters. The molecule has 1 heterocycles. The molecule has 0 spiro atoms. The molecular weight excluding hydrogens is 314 g/mol. The standard InChI is InChI=1S/C21H27NO3/c1-4-14-11-17-12-16(7-10-19(17)22-21(14)24)20(23)15-5-8-18(9-6-15)25-13(2)3/h7,10-13,15,18H,4-6,8-9H2,1-3H3,(H,22,24). The van der Waals surface area contributed by atoms with Crippen molar-refractivity contribution in [3.8, 4) is 0 Å². The molecule has 25 heavy (non-hydrogen) atoms. The average molecular weight is 341 g/mol. The molecular formula is C21H27NO3. The van der Waals surface area contributed by atoms with E-state index in [-0.39, 0.29) is 29.5 Å². The topological polar surface area (TPSA) is 59.2 Å². The molecule has 134 valence electrons. The van der Waals surface area contributed by atoms with Crippen LogP contribution in [-0.4, -0.2) is 23.0 Å². The summed E-state index contributed by atoms with van der Waals surface area (Å²) in [5.74, 6) is 0.298. The lowest BCUT2D eigenvalue weighted by Crippen LogP contribution is -2.28. The molecule has 0 unspecified atom stereocenters. The molecule has 1 aromatic carbocycles. The molecule has 3 rings (SSSR count). The maximum Gasteiger partial charge on any atom is 0.251 e. The number of Topliss-reactive ketones (excluding diaryl/α,β-unsaturated/α-hetero) is 1. The number of benzene rings is 1. The van der Waals surface area contributed by atoms with Gasteiger partial charge in [0.05, 0.1) is 12.2 Å². The van der Waals surface area contributed by atoms with Crippen molar-refractivity contribution in [2.75, 3.05) is 0 Å². The molecule has 0 bridgehead atoms. The van der Waals surface area contributed by atoms with E-state index in [0.29, 0.717) is 6.42 Å². The Labute approximate surface area is 148 Å². The van der Waals surface area contributed by atoms with Crippen LogP contribution in [0.1, 0.15) is 62.4 Å². The van der Waals surface area contributed by atoms with Gasteiger partial charge in [0.2, 0.25) is 0 Å². The predicted octanol–water partition coefficient (Wildman–Crippen LogP) is 4.26. The molecule has 1 N–H and O–H groups in total. The highest BCUT2D eigenvalue weighted by atomic mass is 16.5. The number of aromatic amines is 1. The third-order valence-corrected chi connectivity index (χ3v) is 5.10. The Bertz CT molecular complexity index is 813. The van der Waals surface area contributed by atoms with Crippen LogP contribution in [0.3, 0.4) is 0 Å². The van der Waals surface area contributed by atoms with Gasteiger partial charge < -0.3 is 9.72 Å². The molecule has 1 fully saturated rings. The quantitative estimate of drug-likeness (QED) is 0.827. The van der Waals surface area contributed by atoms with E-state index >= 15 is 0 Å². The Kier molecular flexibility index (Phi) is 5.38. The first-order chi connectivity index (χ1) is 12.0. The summed E-state index contributed by atoms with van der Waals surface area (Å²) in [6.45, 7) is 6.07. The highest BCUT2D eigenvalue weighted by Gasteiger charge is 2.27. The number of hydrogen-bond acceptors (Lipinski definition) is 3. The Balaban J connectivity index is 1.76. The highest BCUT2D eigenvalue weighted by molar-refractivity contribution is 6.00. The second-order valence-corrected chi connectivity index (χ2v) is 7.30. The molecule has 0 saturated heterocycles. The summed E-state index contributed by atoms with van der Waals surface area (Å²) in [6.07, 6.45) is 4.90. The molecule has 1 aromatic heterocycles. The van der Waals surface area contributed by atoms with Gasteiger partial charge in [-0.3, -0.25) is 9.59 Å². The van der Waals surface area contributed by atoms with Crippen LogP contribution in [0.4, 0.5) is 0 Å². The number of H-pyrrole nitrogens is 1. The third kappa shape index (κ3) is 4.01. The molecule has 1 aliphatic carbocycles. The summed E-state index contributed by atoms with van der Waals surface area (Å²) >= 11 is 0. The van der Waals surface area contributed by atoms with Gasteiger partial charge >= 0.3 is 0 Å². The summed E-state index contributed by atoms with van der Waals surface area (Å²) in [7, 11) is 0. The Morgan fingerprint density at radius 1 is 1.20 bits per heavy atom. The van der Waals surface area contributed by atoms with Gasteiger partial charge in [0, 0.05) is 22.6 Å². The van der Waals surface area contributed by atoms with Crippen molar-refractivity contribution < 1.29 is 9.53 Å². The van der Waals surface area contributed by atoms with Crippen molar-refractivity contribution in [1.29, 1.82) is 0 Å². The van der Waals surface area contributed by atoms with E-state index in [9.17, 15) is 9.59 Å². The number of fused-ring (bicyclic) bond motifs is 1. The zero-order chi connectivity index (χ0) is 18.0. The van der Waals surface area contributed by atoms with Crippen molar-refractivity contribution in [1.82, 2.24) is 4.98 Å². The smallest absolute Gasteiger partial charge is 0.251 e. The summed E-state index contributed by atoms with van der Waals surface area (Å²) in [5.41, 5.74) is 2.24. The summed E-state index contributed by atoms with van der Waals surface area (Å²) in [6, 6.07) is 7.50. The van der Waals surface area contributed by atoms with Crippen LogP contribution in [0.2, 0.25) is 0 Å². The summed E-state index contributed by atoms with van der Waals surface area (Å²) in [5, 5.41) is 0.930. The van der Waals surface area contributed by atoms with Crippen molar-refractivity contribution in [2.24, 2.45) is 5.92 Å². The number of aromatic nitrogens is 1. The number of ketones is 1. The Morgan fingerprint density at radius 3 is 2.56 bits per heavy atom. The number of carbonyl (C=O) groups excluding carboxylic acids is 1. The Hall–Kier alpha value is -1.94. The van der Waals surface area contributed by atoms with Gasteiger partial charge in [-0.15, -0.1) is 0 Å². The normalized spacial score (nSPS) is 21.0. The molecule has 2 aromatic rings. The second kappa shape index (κ2) is 7.52. The zero-order valence-corrected chi connectivity index (χ0v) is 15.3. The SMILES string of the molecule is CCc1cc2cc(C(=O)C3CCC(OC(C)C)CC3)ccc2[nH]c1=O. The van der Waals surface area contributed by atoms with E-state index in [1.165, 1.54) is 0 Å². The number of ether oxygens (including phenoxy) is 1. The first kappa shape index (κ1) is 17.9. The maximum absolute atomic E-state index is 12.9. The van der Waals surface area contributed by atoms with Crippen molar-refractivity contribution >= 4 is 16.7 Å². The Morgan fingerprint density at radius 2 is 1.92 bits per heavy atom. The van der Waals surface area contributed by atoms with Crippen molar-refractivity contribution in [3.63, 3.8) is 0 Å². The van der Waals surface area contributed by atoms with Crippen LogP contribution in [0.25, 0.3) is 10.9 Å². The maximum atomic E-state index is 12.9. The van der Waals surface area contributed by atoms with Gasteiger partial charge in [-0.1, -0.05) is 6.92 Å². The number of nitrogens with one attached hydrogen (secondary N) is 1. The minimum atomic E-state index is -0.0439. The average Bonchev–Trinajstić information content (AvgIpc) is 2.60. The summed E-state index contributed by atoms with van der Waals surface area (Å²) in [4.78, 5) is 27.7. The molecule has 4 nitrogen and oxygen atoms in total. The minimum absolute atomic E-state index is 0.0439. The fourth-order valence-electron chi connectivity index (χ4n) is 3.75. The van der Waals surface area contributed by atoms with Gasteiger partial charge in [0.1, 0.15) is 0 Å². The third-order valence-electron chi connectivity index (χ3n) is 5.10. The monoisotopic (exact) mass is 341 g/mol. The summed E-state index contributed by atoms with van der Waals surface area (Å²) < 4.78 is 5.87. The van der Waals surface area contributed by atoms with E-state index < -0.39 is 0 Å². The van der Waals surface area contributed by atoms with Crippen LogP contribution in [0.15, 0.2) is 29.1 Å². The fourth-order valence-corrected chi connectivity index (χ4v) is 3.75. The zero-order valence-electron chi connectivity index (χ0n) is 15.3. The van der Waals surface area contributed by atoms with Gasteiger partial charge in [0.15, 0.2) is 5.78 Å². The van der Waals surface area contributed by atoms with Crippen LogP contribution >= 0.6 is 0 Å². The number of aryl methyl sites for hydroxylation is 1. The highest BCUT2D eigenvalue weighted by Crippen LogP contribution is 2.30. The molecule has 1 saturated carbocycles. The lowest BCUT2D eigenvalue weighted by molar-refractivity contribution is -0.0178. The minimum Gasteiger partial charge on any atom is -0.376 e. The van der Waals surface area contributed by atoms with Crippen molar-refractivity contribution in [3.05, 3.63) is 45.7 Å². The lowest BCUT2D eigenvalue weighted by atomic mass is 9.82. The van der Waals surface area contributed by atoms with Crippen LogP contribution in [0.5, 0.6) is 0 Å². The lowest BCUT2D eigenvalue weighted by Gasteiger charge is -2.29. The van der Waals surface area contributed by atoms with Gasteiger partial charge in [0.25, 0.3) is 5.56 Å². The van der Waals surface area contributed by atoms with E-state index in [1.54, 1.807) is 0 Å². The van der Waals surface area contributed by atoms with E-state index in [4.69, 9.17) is 4.74 Å². The van der Waals surface area contributed by atoms with Gasteiger partial charge in [-0.25, -0.2) is 0 Å². The molecule has 1 aliphatic rings. The van der Waals surface area contributed by atoms with E-state index in [2.05, 4.69) is 18.8 Å². The van der Waals surface area contributed by atoms with E-state index in [1.807, 2.05) is 31.2 Å². The van der Waals surface area contributed by atoms with Gasteiger partial charge in [-0.2, -0.15) is 0 Å². The van der Waals surface area contributed by atoms with Gasteiger partial charge in [-0.05, 0) is 75.6 Å². The first-order valence-electron chi connectivity index (χ1n) is 9.33.